The van der Waals surface area contributed by atoms with E-state index in [1.165, 1.54) is 0 Å². The van der Waals surface area contributed by atoms with Crippen LogP contribution in [0.15, 0.2) is 36.7 Å². The van der Waals surface area contributed by atoms with E-state index in [4.69, 9.17) is 0 Å². The van der Waals surface area contributed by atoms with Crippen molar-refractivity contribution in [1.82, 2.24) is 0 Å². The van der Waals surface area contributed by atoms with Crippen molar-refractivity contribution in [3.63, 3.8) is 0 Å². The number of alkyl halides is 3. The largest absolute Gasteiger partial charge is 0.448 e. The molecule has 13 heteroatoms. The molecule has 0 aromatic carbocycles. The molecule has 0 aromatic heterocycles. The highest BCUT2D eigenvalue weighted by molar-refractivity contribution is 4.98. The fraction of sp³-hybridized carbons (Fsp3) is 0.143. The molecule has 20 heavy (non-hydrogen) atoms. The zero-order valence-electron chi connectivity index (χ0n) is 8.65. The van der Waals surface area contributed by atoms with E-state index < -0.39 is 36.3 Å². The summed E-state index contributed by atoms with van der Waals surface area (Å²) < 4.78 is 126. The Hall–Kier alpha value is -1.69. The molecule has 0 rings (SSSR count). The van der Waals surface area contributed by atoms with Crippen LogP contribution in [0.5, 0.6) is 0 Å². The van der Waals surface area contributed by atoms with Crippen molar-refractivity contribution in [1.29, 1.82) is 0 Å². The van der Waals surface area contributed by atoms with Crippen LogP contribution in [0.2, 0.25) is 0 Å². The van der Waals surface area contributed by atoms with Crippen molar-refractivity contribution in [2.45, 2.75) is 6.18 Å². The van der Waals surface area contributed by atoms with E-state index in [1.54, 1.807) is 0 Å². The molecule has 0 radical (unpaired) electrons. The molecular weight excluding hydrogens is 331 g/mol. The maximum absolute atomic E-state index is 11.0. The molecule has 0 saturated carbocycles. The summed E-state index contributed by atoms with van der Waals surface area (Å²) in [5.74, 6) is -3.33. The molecule has 0 aliphatic carbocycles. The van der Waals surface area contributed by atoms with Gasteiger partial charge in [-0.1, -0.05) is 0 Å². The molecule has 0 spiro atoms. The molecule has 0 aliphatic rings. The predicted molar refractivity (Wildman–Crippen MR) is 41.7 cm³/mol. The van der Waals surface area contributed by atoms with Crippen molar-refractivity contribution in [3.05, 3.63) is 36.7 Å². The van der Waals surface area contributed by atoms with Crippen LogP contribution < -0.4 is 0 Å². The molecule has 122 valence electrons. The van der Waals surface area contributed by atoms with Crippen molar-refractivity contribution in [2.75, 3.05) is 0 Å². The highest BCUT2D eigenvalue weighted by Gasteiger charge is 2.38. The molecule has 0 heterocycles. The van der Waals surface area contributed by atoms with Gasteiger partial charge in [-0.3, -0.25) is 4.70 Å². The Morgan fingerprint density at radius 1 is 0.600 bits per heavy atom. The molecule has 0 nitrogen and oxygen atoms in total. The smallest absolute Gasteiger partial charge is 0.269 e. The normalized spacial score (nSPS) is 8.80. The summed E-state index contributed by atoms with van der Waals surface area (Å²) >= 11 is 0. The predicted octanol–water partition coefficient (Wildman–Crippen LogP) is 6.17. The molecule has 0 unspecified atom stereocenters. The van der Waals surface area contributed by atoms with Crippen LogP contribution in [-0.4, -0.2) is 6.18 Å². The number of rotatable bonds is 0. The van der Waals surface area contributed by atoms with Gasteiger partial charge in [0.15, 0.2) is 0 Å². The second kappa shape index (κ2) is 12.3. The van der Waals surface area contributed by atoms with Crippen molar-refractivity contribution >= 4 is 0 Å². The fourth-order valence-electron chi connectivity index (χ4n) is 0.107. The Balaban J connectivity index is -0.000000102. The minimum atomic E-state index is -5.56. The van der Waals surface area contributed by atoms with Crippen LogP contribution >= 0.6 is 0 Å². The maximum atomic E-state index is 11.0. The Bertz CT molecular complexity index is 309. The van der Waals surface area contributed by atoms with Crippen LogP contribution in [0, 0.1) is 0 Å². The summed E-state index contributed by atoms with van der Waals surface area (Å²) in [4.78, 5) is 0. The van der Waals surface area contributed by atoms with Gasteiger partial charge in [0.2, 0.25) is 0 Å². The van der Waals surface area contributed by atoms with Crippen LogP contribution in [0.4, 0.5) is 57.4 Å². The van der Waals surface area contributed by atoms with E-state index >= 15 is 0 Å². The Labute approximate surface area is 102 Å². The molecule has 0 N–H and O–H groups in total. The standard InChI is InChI=1S/C3F6.C2F4.C2H2F2.FH/c4-1(2(5)6)3(7,8)9;3-1(4)2(5)6;1-2(3)4;/h;;1H2;1H. The van der Waals surface area contributed by atoms with E-state index in [2.05, 4.69) is 6.58 Å². The van der Waals surface area contributed by atoms with Gasteiger partial charge in [-0.25, -0.2) is 0 Å². The number of halogens is 13. The van der Waals surface area contributed by atoms with Gasteiger partial charge in [0.1, 0.15) is 0 Å². The second-order valence-electron chi connectivity index (χ2n) is 1.93. The lowest BCUT2D eigenvalue weighted by Gasteiger charge is -1.98. The Kier molecular flexibility index (Phi) is 16.5. The lowest BCUT2D eigenvalue weighted by atomic mass is 10.6. The number of allylic oxidation sites excluding steroid dienone is 1. The highest BCUT2D eigenvalue weighted by atomic mass is 19.4. The first-order valence-electron chi connectivity index (χ1n) is 3.37. The van der Waals surface area contributed by atoms with Gasteiger partial charge >= 0.3 is 24.4 Å². The minimum absolute atomic E-state index is 0. The summed E-state index contributed by atoms with van der Waals surface area (Å²) in [6, 6.07) is 0. The average molecular weight is 334 g/mol. The van der Waals surface area contributed by atoms with Gasteiger partial charge in [-0.2, -0.15) is 52.7 Å². The molecule has 0 bridgehead atoms. The van der Waals surface area contributed by atoms with Gasteiger partial charge in [0.05, 0.1) is 0 Å². The average Bonchev–Trinajstić information content (AvgIpc) is 2.14. The van der Waals surface area contributed by atoms with E-state index in [9.17, 15) is 52.7 Å². The third-order valence-electron chi connectivity index (χ3n) is 0.558. The van der Waals surface area contributed by atoms with Crippen LogP contribution in [0.1, 0.15) is 0 Å². The van der Waals surface area contributed by atoms with Gasteiger partial charge < -0.3 is 0 Å². The van der Waals surface area contributed by atoms with E-state index in [-0.39, 0.29) is 4.70 Å². The first-order chi connectivity index (χ1) is 8.23. The molecule has 0 saturated heterocycles. The SMILES string of the molecule is C=C(F)F.F.FC(F)=C(F)C(F)(F)F.FC(F)=C(F)F. The third kappa shape index (κ3) is 25.2. The fourth-order valence-corrected chi connectivity index (χ4v) is 0.107. The second-order valence-corrected chi connectivity index (χ2v) is 1.93. The maximum Gasteiger partial charge on any atom is 0.448 e. The molecule has 0 aromatic rings. The molecule has 0 aliphatic heterocycles. The van der Waals surface area contributed by atoms with Crippen molar-refractivity contribution in [3.8, 4) is 0 Å². The quantitative estimate of drug-likeness (QED) is 0.465. The van der Waals surface area contributed by atoms with Gasteiger partial charge in [0, 0.05) is 0 Å². The van der Waals surface area contributed by atoms with Crippen molar-refractivity contribution < 1.29 is 57.4 Å². The first-order valence-corrected chi connectivity index (χ1v) is 3.37. The topological polar surface area (TPSA) is 0 Å². The molecular formula is C7H3F13. The zero-order chi connectivity index (χ0) is 16.4. The number of hydrogen-bond acceptors (Lipinski definition) is 0. The Morgan fingerprint density at radius 2 is 0.800 bits per heavy atom. The van der Waals surface area contributed by atoms with E-state index in [0.717, 1.165) is 0 Å². The first kappa shape index (κ1) is 26.8. The van der Waals surface area contributed by atoms with E-state index in [1.807, 2.05) is 0 Å². The number of hydrogen-bond donors (Lipinski definition) is 0. The van der Waals surface area contributed by atoms with Crippen LogP contribution in [-0.2, 0) is 0 Å². The summed E-state index contributed by atoms with van der Waals surface area (Å²) in [5, 5.41) is 0. The van der Waals surface area contributed by atoms with Crippen molar-refractivity contribution in [2.24, 2.45) is 0 Å². The van der Waals surface area contributed by atoms with Gasteiger partial charge in [-0.15, -0.1) is 0 Å². The summed E-state index contributed by atoms with van der Waals surface area (Å²) in [5.41, 5.74) is 0. The Morgan fingerprint density at radius 3 is 0.800 bits per heavy atom. The summed E-state index contributed by atoms with van der Waals surface area (Å²) in [6.45, 7) is 2.22. The van der Waals surface area contributed by atoms with E-state index in [0.29, 0.717) is 0 Å². The van der Waals surface area contributed by atoms with Gasteiger partial charge in [-0.05, 0) is 6.58 Å². The van der Waals surface area contributed by atoms with Crippen LogP contribution in [0.25, 0.3) is 0 Å². The summed E-state index contributed by atoms with van der Waals surface area (Å²) in [7, 11) is 0. The zero-order valence-corrected chi connectivity index (χ0v) is 8.65. The minimum Gasteiger partial charge on any atom is -0.269 e. The van der Waals surface area contributed by atoms with Gasteiger partial charge in [0.25, 0.3) is 11.9 Å². The lowest BCUT2D eigenvalue weighted by Crippen LogP contribution is -2.08. The summed E-state index contributed by atoms with van der Waals surface area (Å²) in [6.07, 6.45) is -16.5. The third-order valence-corrected chi connectivity index (χ3v) is 0.558. The molecule has 0 atom stereocenters. The lowest BCUT2D eigenvalue weighted by molar-refractivity contribution is -0.113. The highest BCUT2D eigenvalue weighted by Crippen LogP contribution is 2.29. The van der Waals surface area contributed by atoms with Crippen LogP contribution in [0.3, 0.4) is 0 Å². The molecule has 0 amide bonds. The molecule has 0 fully saturated rings. The monoisotopic (exact) mass is 334 g/mol.